The topological polar surface area (TPSA) is 65.5 Å². The summed E-state index contributed by atoms with van der Waals surface area (Å²) >= 11 is 0. The van der Waals surface area contributed by atoms with Gasteiger partial charge in [0, 0.05) is 24.7 Å². The number of benzene rings is 1. The average molecular weight is 357 g/mol. The first-order valence-corrected chi connectivity index (χ1v) is 7.24. The van der Waals surface area contributed by atoms with E-state index >= 15 is 0 Å². The second-order valence-corrected chi connectivity index (χ2v) is 5.05. The van der Waals surface area contributed by atoms with Crippen LogP contribution < -0.4 is 19.5 Å². The molecule has 1 aromatic heterocycles. The summed E-state index contributed by atoms with van der Waals surface area (Å²) in [5.41, 5.74) is -0.383. The summed E-state index contributed by atoms with van der Waals surface area (Å²) in [7, 11) is 4.47. The van der Waals surface area contributed by atoms with Gasteiger partial charge in [-0.05, 0) is 6.92 Å². The maximum Gasteiger partial charge on any atom is 0.433 e. The number of nitrogens with one attached hydrogen (secondary N) is 1. The molecule has 9 heteroatoms. The van der Waals surface area contributed by atoms with E-state index in [9.17, 15) is 13.2 Å². The molecule has 0 spiro atoms. The molecule has 1 aromatic carbocycles. The van der Waals surface area contributed by atoms with Gasteiger partial charge < -0.3 is 19.5 Å². The minimum absolute atomic E-state index is 0.0194. The van der Waals surface area contributed by atoms with Crippen molar-refractivity contribution in [1.82, 2.24) is 9.97 Å². The Labute approximate surface area is 143 Å². The standard InChI is InChI=1S/C16H18F3N3O3/c1-9-21-14(16(17,18)19)7-15(22-9)20-8-11-12(24-3)5-10(23-2)6-13(11)25-4/h5-7H,8H2,1-4H3,(H,20,21,22). The summed E-state index contributed by atoms with van der Waals surface area (Å²) in [4.78, 5) is 7.39. The lowest BCUT2D eigenvalue weighted by Gasteiger charge is -2.16. The van der Waals surface area contributed by atoms with Gasteiger partial charge in [0.2, 0.25) is 0 Å². The number of anilines is 1. The zero-order valence-corrected chi connectivity index (χ0v) is 14.2. The molecule has 0 saturated carbocycles. The third-order valence-corrected chi connectivity index (χ3v) is 3.39. The average Bonchev–Trinajstić information content (AvgIpc) is 2.57. The van der Waals surface area contributed by atoms with Gasteiger partial charge in [0.25, 0.3) is 0 Å². The van der Waals surface area contributed by atoms with E-state index in [1.807, 2.05) is 0 Å². The van der Waals surface area contributed by atoms with Gasteiger partial charge in [-0.25, -0.2) is 9.97 Å². The van der Waals surface area contributed by atoms with E-state index in [0.717, 1.165) is 6.07 Å². The van der Waals surface area contributed by atoms with Crippen LogP contribution in [0.25, 0.3) is 0 Å². The van der Waals surface area contributed by atoms with Crippen molar-refractivity contribution in [1.29, 1.82) is 0 Å². The third kappa shape index (κ3) is 4.43. The number of methoxy groups -OCH3 is 3. The molecule has 25 heavy (non-hydrogen) atoms. The third-order valence-electron chi connectivity index (χ3n) is 3.39. The highest BCUT2D eigenvalue weighted by Crippen LogP contribution is 2.35. The highest BCUT2D eigenvalue weighted by Gasteiger charge is 2.33. The van der Waals surface area contributed by atoms with Crippen LogP contribution in [0, 0.1) is 6.92 Å². The number of aromatic nitrogens is 2. The number of nitrogens with zero attached hydrogens (tertiary/aromatic N) is 2. The Morgan fingerprint density at radius 3 is 2.04 bits per heavy atom. The molecule has 1 N–H and O–H groups in total. The largest absolute Gasteiger partial charge is 0.496 e. The Morgan fingerprint density at radius 2 is 1.56 bits per heavy atom. The Hall–Kier alpha value is -2.71. The molecule has 0 radical (unpaired) electrons. The van der Waals surface area contributed by atoms with Gasteiger partial charge in [-0.15, -0.1) is 0 Å². The molecule has 6 nitrogen and oxygen atoms in total. The van der Waals surface area contributed by atoms with E-state index in [1.54, 1.807) is 12.1 Å². The molecule has 0 saturated heterocycles. The van der Waals surface area contributed by atoms with Crippen molar-refractivity contribution in [3.05, 3.63) is 35.3 Å². The van der Waals surface area contributed by atoms with Crippen LogP contribution >= 0.6 is 0 Å². The molecule has 0 aliphatic heterocycles. The summed E-state index contributed by atoms with van der Waals surface area (Å²) in [6.07, 6.45) is -4.54. The van der Waals surface area contributed by atoms with Gasteiger partial charge in [0.15, 0.2) is 0 Å². The molecule has 0 aliphatic rings. The van der Waals surface area contributed by atoms with E-state index in [4.69, 9.17) is 14.2 Å². The number of aryl methyl sites for hydroxylation is 1. The van der Waals surface area contributed by atoms with Crippen molar-refractivity contribution in [2.45, 2.75) is 19.6 Å². The quantitative estimate of drug-likeness (QED) is 0.854. The number of hydrogen-bond donors (Lipinski definition) is 1. The lowest BCUT2D eigenvalue weighted by Crippen LogP contribution is -2.12. The zero-order valence-electron chi connectivity index (χ0n) is 14.2. The fraction of sp³-hybridized carbons (Fsp3) is 0.375. The highest BCUT2D eigenvalue weighted by molar-refractivity contribution is 5.52. The van der Waals surface area contributed by atoms with Crippen molar-refractivity contribution in [3.63, 3.8) is 0 Å². The fourth-order valence-corrected chi connectivity index (χ4v) is 2.23. The highest BCUT2D eigenvalue weighted by atomic mass is 19.4. The first-order chi connectivity index (χ1) is 11.8. The van der Waals surface area contributed by atoms with E-state index in [1.165, 1.54) is 28.3 Å². The van der Waals surface area contributed by atoms with Crippen molar-refractivity contribution in [3.8, 4) is 17.2 Å². The van der Waals surface area contributed by atoms with Crippen molar-refractivity contribution in [2.24, 2.45) is 0 Å². The molecule has 2 rings (SSSR count). The van der Waals surface area contributed by atoms with Crippen LogP contribution in [-0.4, -0.2) is 31.3 Å². The lowest BCUT2D eigenvalue weighted by atomic mass is 10.1. The SMILES string of the molecule is COc1cc(OC)c(CNc2cc(C(F)(F)F)nc(C)n2)c(OC)c1. The second-order valence-electron chi connectivity index (χ2n) is 5.05. The molecule has 1 heterocycles. The molecule has 2 aromatic rings. The van der Waals surface area contributed by atoms with E-state index in [2.05, 4.69) is 15.3 Å². The van der Waals surface area contributed by atoms with Crippen LogP contribution in [0.5, 0.6) is 17.2 Å². The Balaban J connectivity index is 2.31. The number of alkyl halides is 3. The second kappa shape index (κ2) is 7.45. The fourth-order valence-electron chi connectivity index (χ4n) is 2.23. The van der Waals surface area contributed by atoms with E-state index < -0.39 is 11.9 Å². The number of ether oxygens (including phenoxy) is 3. The van der Waals surface area contributed by atoms with Crippen LogP contribution in [0.1, 0.15) is 17.1 Å². The van der Waals surface area contributed by atoms with Crippen LogP contribution in [0.4, 0.5) is 19.0 Å². The molecule has 0 fully saturated rings. The molecule has 0 unspecified atom stereocenters. The van der Waals surface area contributed by atoms with E-state index in [0.29, 0.717) is 22.8 Å². The van der Waals surface area contributed by atoms with Crippen LogP contribution in [-0.2, 0) is 12.7 Å². The van der Waals surface area contributed by atoms with E-state index in [-0.39, 0.29) is 18.2 Å². The summed E-state index contributed by atoms with van der Waals surface area (Å²) in [5.74, 6) is 1.57. The molecule has 0 bridgehead atoms. The molecule has 0 aliphatic carbocycles. The smallest absolute Gasteiger partial charge is 0.433 e. The minimum Gasteiger partial charge on any atom is -0.496 e. The maximum atomic E-state index is 12.9. The van der Waals surface area contributed by atoms with Gasteiger partial charge in [-0.2, -0.15) is 13.2 Å². The van der Waals surface area contributed by atoms with Gasteiger partial charge in [-0.3, -0.25) is 0 Å². The number of halogens is 3. The first-order valence-electron chi connectivity index (χ1n) is 7.24. The molecular formula is C16H18F3N3O3. The molecule has 0 atom stereocenters. The maximum absolute atomic E-state index is 12.9. The number of hydrogen-bond acceptors (Lipinski definition) is 6. The number of rotatable bonds is 6. The summed E-state index contributed by atoms with van der Waals surface area (Å²) in [5, 5.41) is 2.85. The van der Waals surface area contributed by atoms with Gasteiger partial charge >= 0.3 is 6.18 Å². The van der Waals surface area contributed by atoms with Crippen LogP contribution in [0.3, 0.4) is 0 Å². The lowest BCUT2D eigenvalue weighted by molar-refractivity contribution is -0.141. The van der Waals surface area contributed by atoms with Gasteiger partial charge in [0.05, 0.1) is 26.9 Å². The monoisotopic (exact) mass is 357 g/mol. The predicted molar refractivity (Wildman–Crippen MR) is 85.2 cm³/mol. The Bertz CT molecular complexity index is 726. The zero-order chi connectivity index (χ0) is 18.6. The van der Waals surface area contributed by atoms with Crippen molar-refractivity contribution < 1.29 is 27.4 Å². The van der Waals surface area contributed by atoms with Crippen molar-refractivity contribution in [2.75, 3.05) is 26.6 Å². The minimum atomic E-state index is -4.54. The summed E-state index contributed by atoms with van der Waals surface area (Å²) in [6, 6.07) is 4.17. The molecular weight excluding hydrogens is 339 g/mol. The van der Waals surface area contributed by atoms with Crippen LogP contribution in [0.15, 0.2) is 18.2 Å². The normalized spacial score (nSPS) is 11.2. The molecule has 136 valence electrons. The molecule has 0 amide bonds. The van der Waals surface area contributed by atoms with Gasteiger partial charge in [-0.1, -0.05) is 0 Å². The predicted octanol–water partition coefficient (Wildman–Crippen LogP) is 3.44. The first kappa shape index (κ1) is 18.6. The Morgan fingerprint density at radius 1 is 0.960 bits per heavy atom. The van der Waals surface area contributed by atoms with Gasteiger partial charge in [0.1, 0.15) is 34.6 Å². The van der Waals surface area contributed by atoms with Crippen molar-refractivity contribution >= 4 is 5.82 Å². The van der Waals surface area contributed by atoms with Crippen LogP contribution in [0.2, 0.25) is 0 Å². The summed E-state index contributed by atoms with van der Waals surface area (Å²) in [6.45, 7) is 1.54. The Kier molecular flexibility index (Phi) is 5.55. The summed E-state index contributed by atoms with van der Waals surface area (Å²) < 4.78 is 54.4.